The number of likely N-dealkylation sites (tertiary alicyclic amines) is 2. The van der Waals surface area contributed by atoms with Crippen LogP contribution < -0.4 is 0 Å². The fraction of sp³-hybridized carbons (Fsp3) is 1.00. The van der Waals surface area contributed by atoms with Gasteiger partial charge in [0, 0.05) is 24.7 Å². The van der Waals surface area contributed by atoms with Crippen molar-refractivity contribution in [1.82, 2.24) is 14.7 Å². The lowest BCUT2D eigenvalue weighted by Gasteiger charge is -2.43. The van der Waals surface area contributed by atoms with Gasteiger partial charge in [0.2, 0.25) is 0 Å². The Balaban J connectivity index is 1.80. The van der Waals surface area contributed by atoms with Gasteiger partial charge in [0.25, 0.3) is 0 Å². The number of hydrogen-bond acceptors (Lipinski definition) is 3. The quantitative estimate of drug-likeness (QED) is 0.774. The van der Waals surface area contributed by atoms with E-state index in [4.69, 9.17) is 0 Å². The molecule has 2 heterocycles. The van der Waals surface area contributed by atoms with Gasteiger partial charge >= 0.3 is 0 Å². The van der Waals surface area contributed by atoms with Crippen LogP contribution in [0.3, 0.4) is 0 Å². The molecule has 2 aliphatic rings. The van der Waals surface area contributed by atoms with Crippen LogP contribution in [0.5, 0.6) is 0 Å². The van der Waals surface area contributed by atoms with E-state index in [1.165, 1.54) is 58.3 Å². The van der Waals surface area contributed by atoms with Gasteiger partial charge in [-0.2, -0.15) is 0 Å². The molecule has 0 saturated carbocycles. The first-order valence-corrected chi connectivity index (χ1v) is 8.22. The first-order valence-electron chi connectivity index (χ1n) is 8.22. The van der Waals surface area contributed by atoms with E-state index in [9.17, 15) is 0 Å². The minimum atomic E-state index is 0.713. The second-order valence-corrected chi connectivity index (χ2v) is 6.98. The van der Waals surface area contributed by atoms with E-state index in [2.05, 4.69) is 42.6 Å². The number of hydrogen-bond donors (Lipinski definition) is 0. The van der Waals surface area contributed by atoms with Crippen LogP contribution in [0.15, 0.2) is 0 Å². The first kappa shape index (κ1) is 15.3. The van der Waals surface area contributed by atoms with E-state index < -0.39 is 0 Å². The van der Waals surface area contributed by atoms with E-state index >= 15 is 0 Å². The summed E-state index contributed by atoms with van der Waals surface area (Å²) >= 11 is 0. The summed E-state index contributed by atoms with van der Waals surface area (Å²) < 4.78 is 0. The Morgan fingerprint density at radius 2 is 1.68 bits per heavy atom. The van der Waals surface area contributed by atoms with Gasteiger partial charge in [0.1, 0.15) is 0 Å². The Kier molecular flexibility index (Phi) is 5.67. The Morgan fingerprint density at radius 3 is 2.26 bits per heavy atom. The van der Waals surface area contributed by atoms with Crippen molar-refractivity contribution in [1.29, 1.82) is 0 Å². The molecular formula is C16H33N3. The number of rotatable bonds is 4. The van der Waals surface area contributed by atoms with E-state index in [0.717, 1.165) is 12.1 Å². The Bertz CT molecular complexity index is 257. The van der Waals surface area contributed by atoms with Gasteiger partial charge < -0.3 is 9.80 Å². The van der Waals surface area contributed by atoms with Crippen LogP contribution in [0.4, 0.5) is 0 Å². The lowest BCUT2D eigenvalue weighted by atomic mass is 9.98. The van der Waals surface area contributed by atoms with E-state index in [0.29, 0.717) is 6.04 Å². The summed E-state index contributed by atoms with van der Waals surface area (Å²) in [6.07, 6.45) is 6.94. The minimum absolute atomic E-state index is 0.713. The minimum Gasteiger partial charge on any atom is -0.306 e. The van der Waals surface area contributed by atoms with E-state index in [1.807, 2.05) is 0 Å². The first-order chi connectivity index (χ1) is 9.08. The van der Waals surface area contributed by atoms with Crippen LogP contribution in [0.25, 0.3) is 0 Å². The zero-order valence-corrected chi connectivity index (χ0v) is 13.4. The lowest BCUT2D eigenvalue weighted by Crippen LogP contribution is -2.52. The third-order valence-corrected chi connectivity index (χ3v) is 5.09. The zero-order chi connectivity index (χ0) is 13.8. The summed E-state index contributed by atoms with van der Waals surface area (Å²) in [4.78, 5) is 7.85. The Hall–Kier alpha value is -0.120. The van der Waals surface area contributed by atoms with Gasteiger partial charge in [-0.15, -0.1) is 0 Å². The summed E-state index contributed by atoms with van der Waals surface area (Å²) in [5, 5.41) is 0. The SMILES string of the molecule is CC(C)N1CCCCC1CN1CCC(N(C)C)CC1. The molecule has 2 rings (SSSR count). The molecule has 2 fully saturated rings. The highest BCUT2D eigenvalue weighted by Gasteiger charge is 2.28. The fourth-order valence-electron chi connectivity index (χ4n) is 3.82. The van der Waals surface area contributed by atoms with Gasteiger partial charge in [-0.25, -0.2) is 0 Å². The molecule has 1 unspecified atom stereocenters. The van der Waals surface area contributed by atoms with Crippen molar-refractivity contribution in [3.8, 4) is 0 Å². The molecule has 0 amide bonds. The summed E-state index contributed by atoms with van der Waals surface area (Å²) in [5.74, 6) is 0. The molecule has 0 aromatic rings. The predicted molar refractivity (Wildman–Crippen MR) is 82.6 cm³/mol. The molecule has 0 aliphatic carbocycles. The van der Waals surface area contributed by atoms with Crippen molar-refractivity contribution in [2.24, 2.45) is 0 Å². The molecule has 19 heavy (non-hydrogen) atoms. The molecule has 2 saturated heterocycles. The summed E-state index contributed by atoms with van der Waals surface area (Å²) in [6, 6.07) is 2.33. The molecule has 0 bridgehead atoms. The molecule has 0 aromatic heterocycles. The average molecular weight is 267 g/mol. The highest BCUT2D eigenvalue weighted by molar-refractivity contribution is 4.85. The third-order valence-electron chi connectivity index (χ3n) is 5.09. The number of nitrogens with zero attached hydrogens (tertiary/aromatic N) is 3. The van der Waals surface area contributed by atoms with Gasteiger partial charge in [-0.3, -0.25) is 4.90 Å². The summed E-state index contributed by atoms with van der Waals surface area (Å²) in [7, 11) is 4.45. The van der Waals surface area contributed by atoms with Crippen LogP contribution in [-0.4, -0.2) is 73.1 Å². The smallest absolute Gasteiger partial charge is 0.0225 e. The Labute approximate surface area is 119 Å². The van der Waals surface area contributed by atoms with Gasteiger partial charge in [0.15, 0.2) is 0 Å². The topological polar surface area (TPSA) is 9.72 Å². The average Bonchev–Trinajstić information content (AvgIpc) is 2.39. The van der Waals surface area contributed by atoms with E-state index in [-0.39, 0.29) is 0 Å². The third kappa shape index (κ3) is 4.17. The molecule has 0 aromatic carbocycles. The van der Waals surface area contributed by atoms with E-state index in [1.54, 1.807) is 0 Å². The molecule has 1 atom stereocenters. The maximum atomic E-state index is 2.74. The van der Waals surface area contributed by atoms with Crippen LogP contribution in [0, 0.1) is 0 Å². The molecule has 0 spiro atoms. The molecule has 3 heteroatoms. The molecule has 0 radical (unpaired) electrons. The number of piperidine rings is 2. The van der Waals surface area contributed by atoms with Gasteiger partial charge in [-0.1, -0.05) is 6.42 Å². The maximum absolute atomic E-state index is 2.74. The lowest BCUT2D eigenvalue weighted by molar-refractivity contribution is 0.0603. The van der Waals surface area contributed by atoms with Crippen molar-refractivity contribution in [2.75, 3.05) is 40.3 Å². The second kappa shape index (κ2) is 7.05. The van der Waals surface area contributed by atoms with Crippen LogP contribution in [-0.2, 0) is 0 Å². The molecule has 112 valence electrons. The van der Waals surface area contributed by atoms with Crippen molar-refractivity contribution >= 4 is 0 Å². The van der Waals surface area contributed by atoms with Crippen molar-refractivity contribution in [3.63, 3.8) is 0 Å². The fourth-order valence-corrected chi connectivity index (χ4v) is 3.82. The molecule has 0 N–H and O–H groups in total. The zero-order valence-electron chi connectivity index (χ0n) is 13.4. The van der Waals surface area contributed by atoms with Crippen LogP contribution in [0.2, 0.25) is 0 Å². The predicted octanol–water partition coefficient (Wildman–Crippen LogP) is 2.28. The molecule has 2 aliphatic heterocycles. The largest absolute Gasteiger partial charge is 0.306 e. The van der Waals surface area contributed by atoms with Crippen LogP contribution in [0.1, 0.15) is 46.0 Å². The highest BCUT2D eigenvalue weighted by atomic mass is 15.2. The highest BCUT2D eigenvalue weighted by Crippen LogP contribution is 2.22. The Morgan fingerprint density at radius 1 is 1.00 bits per heavy atom. The molecular weight excluding hydrogens is 234 g/mol. The van der Waals surface area contributed by atoms with Crippen molar-refractivity contribution in [3.05, 3.63) is 0 Å². The molecule has 3 nitrogen and oxygen atoms in total. The monoisotopic (exact) mass is 267 g/mol. The van der Waals surface area contributed by atoms with Crippen LogP contribution >= 0.6 is 0 Å². The second-order valence-electron chi connectivity index (χ2n) is 6.98. The standard InChI is InChI=1S/C16H33N3/c1-14(2)19-10-6-5-7-16(19)13-18-11-8-15(9-12-18)17(3)4/h14-16H,5-13H2,1-4H3. The normalized spacial score (nSPS) is 28.4. The van der Waals surface area contributed by atoms with Crippen molar-refractivity contribution < 1.29 is 0 Å². The maximum Gasteiger partial charge on any atom is 0.0225 e. The summed E-state index contributed by atoms with van der Waals surface area (Å²) in [5.41, 5.74) is 0. The summed E-state index contributed by atoms with van der Waals surface area (Å²) in [6.45, 7) is 9.93. The van der Waals surface area contributed by atoms with Gasteiger partial charge in [-0.05, 0) is 73.3 Å². The van der Waals surface area contributed by atoms with Gasteiger partial charge in [0.05, 0.1) is 0 Å². The van der Waals surface area contributed by atoms with Crippen molar-refractivity contribution in [2.45, 2.75) is 64.1 Å².